The molecule has 2 rings (SSSR count). The van der Waals surface area contributed by atoms with Gasteiger partial charge < -0.3 is 15.7 Å². The third-order valence-electron chi connectivity index (χ3n) is 3.67. The van der Waals surface area contributed by atoms with E-state index in [1.165, 1.54) is 58.0 Å². The molecular weight excluding hydrogens is 200 g/mol. The van der Waals surface area contributed by atoms with Crippen molar-refractivity contribution in [3.63, 3.8) is 0 Å². The van der Waals surface area contributed by atoms with Gasteiger partial charge in [-0.25, -0.2) is 0 Å². The van der Waals surface area contributed by atoms with Crippen LogP contribution in [0.25, 0.3) is 0 Å². The lowest BCUT2D eigenvalue weighted by molar-refractivity contribution is 0.123. The Bertz CT molecular complexity index is 161. The summed E-state index contributed by atoms with van der Waals surface area (Å²) in [7, 11) is 0. The Labute approximate surface area is 100 Å². The smallest absolute Gasteiger partial charge is 0.0402 e. The van der Waals surface area contributed by atoms with Crippen molar-refractivity contribution in [3.05, 3.63) is 0 Å². The summed E-state index contributed by atoms with van der Waals surface area (Å²) in [5.74, 6) is 0. The van der Waals surface area contributed by atoms with Gasteiger partial charge in [-0.2, -0.15) is 0 Å². The minimum Gasteiger partial charge on any atom is -0.397 e. The number of aliphatic hydroxyl groups excluding tert-OH is 1. The van der Waals surface area contributed by atoms with Gasteiger partial charge >= 0.3 is 0 Å². The highest BCUT2D eigenvalue weighted by atomic mass is 16.2. The fourth-order valence-corrected chi connectivity index (χ4v) is 2.73. The Balaban J connectivity index is 0.000000386. The average Bonchev–Trinajstić information content (AvgIpc) is 2.32. The molecule has 0 spiro atoms. The number of nitrogens with zero attached hydrogens (tertiary/aromatic N) is 1. The lowest BCUT2D eigenvalue weighted by Gasteiger charge is -2.38. The van der Waals surface area contributed by atoms with Gasteiger partial charge in [0.25, 0.3) is 0 Å². The van der Waals surface area contributed by atoms with E-state index in [-0.39, 0.29) is 6.61 Å². The SMILES string of the molecule is CCO.NC1CCN(C2CCCCC2)CC1. The summed E-state index contributed by atoms with van der Waals surface area (Å²) in [6.07, 6.45) is 9.68. The van der Waals surface area contributed by atoms with E-state index in [9.17, 15) is 0 Å². The van der Waals surface area contributed by atoms with Gasteiger partial charge in [0.05, 0.1) is 0 Å². The summed E-state index contributed by atoms with van der Waals surface area (Å²) in [6, 6.07) is 1.39. The van der Waals surface area contributed by atoms with Gasteiger partial charge in [0.15, 0.2) is 0 Å². The number of hydrogen-bond acceptors (Lipinski definition) is 3. The number of nitrogens with two attached hydrogens (primary N) is 1. The van der Waals surface area contributed by atoms with E-state index in [1.54, 1.807) is 6.92 Å². The highest BCUT2D eigenvalue weighted by Crippen LogP contribution is 2.24. The summed E-state index contributed by atoms with van der Waals surface area (Å²) in [5, 5.41) is 7.57. The molecule has 3 heteroatoms. The van der Waals surface area contributed by atoms with Crippen LogP contribution < -0.4 is 5.73 Å². The molecule has 2 aliphatic rings. The van der Waals surface area contributed by atoms with Crippen molar-refractivity contribution < 1.29 is 5.11 Å². The zero-order valence-corrected chi connectivity index (χ0v) is 10.7. The minimum absolute atomic E-state index is 0.250. The van der Waals surface area contributed by atoms with Gasteiger partial charge in [0.2, 0.25) is 0 Å². The van der Waals surface area contributed by atoms with E-state index in [4.69, 9.17) is 10.8 Å². The maximum atomic E-state index is 7.57. The van der Waals surface area contributed by atoms with Crippen molar-refractivity contribution in [3.8, 4) is 0 Å². The molecule has 0 radical (unpaired) electrons. The van der Waals surface area contributed by atoms with Crippen LogP contribution in [0.1, 0.15) is 51.9 Å². The summed E-state index contributed by atoms with van der Waals surface area (Å²) >= 11 is 0. The highest BCUT2D eigenvalue weighted by Gasteiger charge is 2.24. The molecule has 0 aromatic heterocycles. The molecule has 2 fully saturated rings. The van der Waals surface area contributed by atoms with Gasteiger partial charge in [-0.05, 0) is 45.7 Å². The van der Waals surface area contributed by atoms with E-state index in [2.05, 4.69) is 4.90 Å². The van der Waals surface area contributed by atoms with Gasteiger partial charge in [0.1, 0.15) is 0 Å². The number of hydrogen-bond donors (Lipinski definition) is 2. The third kappa shape index (κ3) is 4.81. The standard InChI is InChI=1S/C11H22N2.C2H6O/c12-10-6-8-13(9-7-10)11-4-2-1-3-5-11;1-2-3/h10-11H,1-9,12H2;3H,2H2,1H3. The zero-order chi connectivity index (χ0) is 11.8. The Morgan fingerprint density at radius 3 is 2.06 bits per heavy atom. The van der Waals surface area contributed by atoms with Crippen molar-refractivity contribution in [2.24, 2.45) is 5.73 Å². The minimum atomic E-state index is 0.250. The zero-order valence-electron chi connectivity index (χ0n) is 10.7. The molecule has 0 amide bonds. The molecule has 96 valence electrons. The van der Waals surface area contributed by atoms with Crippen molar-refractivity contribution in [2.75, 3.05) is 19.7 Å². The predicted molar refractivity (Wildman–Crippen MR) is 68.4 cm³/mol. The molecule has 0 unspecified atom stereocenters. The van der Waals surface area contributed by atoms with Crippen molar-refractivity contribution in [1.29, 1.82) is 0 Å². The molecule has 16 heavy (non-hydrogen) atoms. The van der Waals surface area contributed by atoms with E-state index in [1.807, 2.05) is 0 Å². The average molecular weight is 228 g/mol. The Kier molecular flexibility index (Phi) is 7.01. The maximum Gasteiger partial charge on any atom is 0.0402 e. The molecule has 0 aromatic carbocycles. The highest BCUT2D eigenvalue weighted by molar-refractivity contribution is 4.81. The number of aliphatic hydroxyl groups is 1. The first-order valence-electron chi connectivity index (χ1n) is 6.88. The summed E-state index contributed by atoms with van der Waals surface area (Å²) in [6.45, 7) is 4.44. The third-order valence-corrected chi connectivity index (χ3v) is 3.67. The molecule has 0 bridgehead atoms. The van der Waals surface area contributed by atoms with Gasteiger partial charge in [-0.15, -0.1) is 0 Å². The predicted octanol–water partition coefficient (Wildman–Crippen LogP) is 1.74. The number of likely N-dealkylation sites (tertiary alicyclic amines) is 1. The molecule has 1 aliphatic carbocycles. The number of rotatable bonds is 1. The molecule has 1 saturated heterocycles. The van der Waals surface area contributed by atoms with E-state index < -0.39 is 0 Å². The molecular formula is C13H28N2O. The van der Waals surface area contributed by atoms with Crippen LogP contribution in [-0.2, 0) is 0 Å². The van der Waals surface area contributed by atoms with Crippen LogP contribution in [0.3, 0.4) is 0 Å². The molecule has 3 nitrogen and oxygen atoms in total. The maximum absolute atomic E-state index is 7.57. The van der Waals surface area contributed by atoms with Crippen molar-refractivity contribution in [2.45, 2.75) is 64.0 Å². The van der Waals surface area contributed by atoms with Crippen LogP contribution in [0.4, 0.5) is 0 Å². The molecule has 0 aromatic rings. The normalized spacial score (nSPS) is 24.9. The second-order valence-electron chi connectivity index (χ2n) is 4.98. The van der Waals surface area contributed by atoms with Crippen LogP contribution in [0.5, 0.6) is 0 Å². The Hall–Kier alpha value is -0.120. The van der Waals surface area contributed by atoms with Crippen LogP contribution in [0.2, 0.25) is 0 Å². The lowest BCUT2D eigenvalue weighted by atomic mass is 9.92. The molecule has 1 heterocycles. The monoisotopic (exact) mass is 228 g/mol. The Morgan fingerprint density at radius 1 is 1.06 bits per heavy atom. The van der Waals surface area contributed by atoms with Gasteiger partial charge in [-0.3, -0.25) is 0 Å². The molecule has 1 saturated carbocycles. The van der Waals surface area contributed by atoms with Gasteiger partial charge in [-0.1, -0.05) is 19.3 Å². The lowest BCUT2D eigenvalue weighted by Crippen LogP contribution is -2.45. The topological polar surface area (TPSA) is 49.5 Å². The second kappa shape index (κ2) is 8.04. The summed E-state index contributed by atoms with van der Waals surface area (Å²) in [5.41, 5.74) is 5.90. The fraction of sp³-hybridized carbons (Fsp3) is 1.00. The first kappa shape index (κ1) is 13.9. The van der Waals surface area contributed by atoms with Crippen LogP contribution in [0, 0.1) is 0 Å². The van der Waals surface area contributed by atoms with E-state index in [0.717, 1.165) is 6.04 Å². The number of piperidine rings is 1. The Morgan fingerprint density at radius 2 is 1.56 bits per heavy atom. The van der Waals surface area contributed by atoms with Gasteiger partial charge in [0, 0.05) is 18.7 Å². The fourth-order valence-electron chi connectivity index (χ4n) is 2.73. The van der Waals surface area contributed by atoms with Crippen LogP contribution in [-0.4, -0.2) is 41.8 Å². The van der Waals surface area contributed by atoms with Crippen molar-refractivity contribution in [1.82, 2.24) is 4.90 Å². The summed E-state index contributed by atoms with van der Waals surface area (Å²) < 4.78 is 0. The van der Waals surface area contributed by atoms with E-state index >= 15 is 0 Å². The van der Waals surface area contributed by atoms with Crippen molar-refractivity contribution >= 4 is 0 Å². The quantitative estimate of drug-likeness (QED) is 0.719. The van der Waals surface area contributed by atoms with E-state index in [0.29, 0.717) is 6.04 Å². The molecule has 1 aliphatic heterocycles. The molecule has 3 N–H and O–H groups in total. The first-order chi connectivity index (χ1) is 7.77. The largest absolute Gasteiger partial charge is 0.397 e. The van der Waals surface area contributed by atoms with Crippen LogP contribution in [0.15, 0.2) is 0 Å². The second-order valence-corrected chi connectivity index (χ2v) is 4.98. The summed E-state index contributed by atoms with van der Waals surface area (Å²) in [4.78, 5) is 2.68. The molecule has 0 atom stereocenters. The first-order valence-corrected chi connectivity index (χ1v) is 6.88. The van der Waals surface area contributed by atoms with Crippen LogP contribution >= 0.6 is 0 Å².